The Kier molecular flexibility index (Phi) is 4.39. The highest BCUT2D eigenvalue weighted by Crippen LogP contribution is 2.33. The summed E-state index contributed by atoms with van der Waals surface area (Å²) in [5.74, 6) is 0.214. The predicted octanol–water partition coefficient (Wildman–Crippen LogP) is 2.15. The molecule has 1 aromatic carbocycles. The third-order valence-electron chi connectivity index (χ3n) is 3.03. The molecule has 1 fully saturated rings. The van der Waals surface area contributed by atoms with Gasteiger partial charge in [-0.3, -0.25) is 4.79 Å². The molecule has 5 nitrogen and oxygen atoms in total. The first-order valence-corrected chi connectivity index (χ1v) is 6.44. The molecular formula is C14H18N2O3. The number of amides is 2. The van der Waals surface area contributed by atoms with Gasteiger partial charge in [0.2, 0.25) is 5.91 Å². The van der Waals surface area contributed by atoms with Gasteiger partial charge < -0.3 is 15.4 Å². The van der Waals surface area contributed by atoms with Gasteiger partial charge in [0.15, 0.2) is 0 Å². The van der Waals surface area contributed by atoms with Crippen molar-refractivity contribution in [1.29, 1.82) is 0 Å². The molecular weight excluding hydrogens is 244 g/mol. The average molecular weight is 262 g/mol. The van der Waals surface area contributed by atoms with Crippen LogP contribution in [0.5, 0.6) is 0 Å². The molecule has 19 heavy (non-hydrogen) atoms. The zero-order valence-electron chi connectivity index (χ0n) is 10.9. The van der Waals surface area contributed by atoms with Gasteiger partial charge in [-0.25, -0.2) is 4.79 Å². The van der Waals surface area contributed by atoms with E-state index in [2.05, 4.69) is 10.6 Å². The summed E-state index contributed by atoms with van der Waals surface area (Å²) in [5, 5.41) is 5.12. The van der Waals surface area contributed by atoms with Gasteiger partial charge in [0.25, 0.3) is 0 Å². The number of anilines is 1. The van der Waals surface area contributed by atoms with Crippen molar-refractivity contribution in [3.63, 3.8) is 0 Å². The minimum atomic E-state index is -0.539. The Morgan fingerprint density at radius 3 is 2.63 bits per heavy atom. The largest absolute Gasteiger partial charge is 0.446 e. The number of ether oxygens (including phenoxy) is 1. The Bertz CT molecular complexity index is 443. The van der Waals surface area contributed by atoms with Crippen LogP contribution < -0.4 is 10.6 Å². The molecule has 1 atom stereocenters. The van der Waals surface area contributed by atoms with Crippen molar-refractivity contribution >= 4 is 17.7 Å². The Hall–Kier alpha value is -2.04. The number of carbonyl (C=O) groups excluding carboxylic acids is 2. The number of rotatable bonds is 5. The number of hydrogen-bond donors (Lipinski definition) is 2. The van der Waals surface area contributed by atoms with Crippen LogP contribution >= 0.6 is 0 Å². The first-order valence-electron chi connectivity index (χ1n) is 6.44. The molecule has 1 unspecified atom stereocenters. The van der Waals surface area contributed by atoms with Gasteiger partial charge in [0.1, 0.15) is 12.6 Å². The van der Waals surface area contributed by atoms with Crippen LogP contribution in [0.15, 0.2) is 30.3 Å². The normalized spacial score (nSPS) is 15.4. The molecule has 1 aliphatic rings. The van der Waals surface area contributed by atoms with Crippen LogP contribution in [0.4, 0.5) is 10.5 Å². The van der Waals surface area contributed by atoms with Crippen LogP contribution in [0, 0.1) is 5.92 Å². The van der Waals surface area contributed by atoms with Crippen LogP contribution in [0.1, 0.15) is 19.8 Å². The molecule has 5 heteroatoms. The predicted molar refractivity (Wildman–Crippen MR) is 71.7 cm³/mol. The SMILES string of the molecule is CC(OC(=O)NCC(=O)Nc1ccccc1)C1CC1. The number of carbonyl (C=O) groups is 2. The zero-order chi connectivity index (χ0) is 13.7. The summed E-state index contributed by atoms with van der Waals surface area (Å²) in [6.45, 7) is 1.78. The van der Waals surface area contributed by atoms with Gasteiger partial charge in [-0.05, 0) is 37.8 Å². The fraction of sp³-hybridized carbons (Fsp3) is 0.429. The number of benzene rings is 1. The molecule has 1 aromatic rings. The van der Waals surface area contributed by atoms with E-state index in [1.165, 1.54) is 0 Å². The Morgan fingerprint density at radius 2 is 2.00 bits per heavy atom. The van der Waals surface area contributed by atoms with Crippen LogP contribution in [-0.4, -0.2) is 24.6 Å². The van der Waals surface area contributed by atoms with E-state index in [1.54, 1.807) is 12.1 Å². The smallest absolute Gasteiger partial charge is 0.407 e. The van der Waals surface area contributed by atoms with Crippen molar-refractivity contribution in [3.05, 3.63) is 30.3 Å². The second-order valence-corrected chi connectivity index (χ2v) is 4.72. The van der Waals surface area contributed by atoms with E-state index in [4.69, 9.17) is 4.74 Å². The van der Waals surface area contributed by atoms with Crippen LogP contribution in [0.3, 0.4) is 0 Å². The Balaban J connectivity index is 1.66. The summed E-state index contributed by atoms with van der Waals surface area (Å²) in [5.41, 5.74) is 0.703. The lowest BCUT2D eigenvalue weighted by Crippen LogP contribution is -2.35. The average Bonchev–Trinajstić information content (AvgIpc) is 3.22. The van der Waals surface area contributed by atoms with Crippen molar-refractivity contribution in [2.45, 2.75) is 25.9 Å². The second kappa shape index (κ2) is 6.22. The Morgan fingerprint density at radius 1 is 1.32 bits per heavy atom. The maximum atomic E-state index is 11.6. The van der Waals surface area contributed by atoms with E-state index in [9.17, 15) is 9.59 Å². The number of nitrogens with one attached hydrogen (secondary N) is 2. The quantitative estimate of drug-likeness (QED) is 0.854. The lowest BCUT2D eigenvalue weighted by atomic mass is 10.3. The summed E-state index contributed by atoms with van der Waals surface area (Å²) in [6, 6.07) is 9.09. The van der Waals surface area contributed by atoms with E-state index < -0.39 is 6.09 Å². The van der Waals surface area contributed by atoms with Crippen LogP contribution in [-0.2, 0) is 9.53 Å². The minimum Gasteiger partial charge on any atom is -0.446 e. The fourth-order valence-corrected chi connectivity index (χ4v) is 1.75. The molecule has 1 aliphatic carbocycles. The van der Waals surface area contributed by atoms with Gasteiger partial charge in [-0.15, -0.1) is 0 Å². The van der Waals surface area contributed by atoms with E-state index in [-0.39, 0.29) is 18.6 Å². The molecule has 1 saturated carbocycles. The van der Waals surface area contributed by atoms with Crippen molar-refractivity contribution in [2.24, 2.45) is 5.92 Å². The van der Waals surface area contributed by atoms with Crippen molar-refractivity contribution in [3.8, 4) is 0 Å². The summed E-state index contributed by atoms with van der Waals surface area (Å²) in [6.07, 6.45) is 1.62. The standard InChI is InChI=1S/C14H18N2O3/c1-10(11-7-8-11)19-14(18)15-9-13(17)16-12-5-3-2-4-6-12/h2-6,10-11H,7-9H2,1H3,(H,15,18)(H,16,17). The van der Waals surface area contributed by atoms with Crippen LogP contribution in [0.25, 0.3) is 0 Å². The zero-order valence-corrected chi connectivity index (χ0v) is 10.9. The molecule has 2 rings (SSSR count). The van der Waals surface area contributed by atoms with Gasteiger partial charge in [-0.1, -0.05) is 18.2 Å². The Labute approximate surface area is 112 Å². The summed E-state index contributed by atoms with van der Waals surface area (Å²) >= 11 is 0. The van der Waals surface area contributed by atoms with Gasteiger partial charge in [0.05, 0.1) is 0 Å². The monoisotopic (exact) mass is 262 g/mol. The summed E-state index contributed by atoms with van der Waals surface area (Å²) in [4.78, 5) is 23.0. The summed E-state index contributed by atoms with van der Waals surface area (Å²) in [7, 11) is 0. The molecule has 0 saturated heterocycles. The number of alkyl carbamates (subject to hydrolysis) is 1. The molecule has 2 N–H and O–H groups in total. The van der Waals surface area contributed by atoms with Crippen molar-refractivity contribution in [1.82, 2.24) is 5.32 Å². The fourth-order valence-electron chi connectivity index (χ4n) is 1.75. The number of para-hydroxylation sites is 1. The molecule has 2 amide bonds. The lowest BCUT2D eigenvalue weighted by molar-refractivity contribution is -0.115. The summed E-state index contributed by atoms with van der Waals surface area (Å²) < 4.78 is 5.14. The first-order chi connectivity index (χ1) is 9.15. The van der Waals surface area contributed by atoms with E-state index in [0.29, 0.717) is 11.6 Å². The molecule has 0 spiro atoms. The number of hydrogen-bond acceptors (Lipinski definition) is 3. The highest BCUT2D eigenvalue weighted by atomic mass is 16.6. The third-order valence-corrected chi connectivity index (χ3v) is 3.03. The molecule has 102 valence electrons. The molecule has 0 radical (unpaired) electrons. The van der Waals surface area contributed by atoms with E-state index >= 15 is 0 Å². The maximum Gasteiger partial charge on any atom is 0.407 e. The topological polar surface area (TPSA) is 67.4 Å². The third kappa shape index (κ3) is 4.62. The molecule has 0 aromatic heterocycles. The van der Waals surface area contributed by atoms with Crippen molar-refractivity contribution in [2.75, 3.05) is 11.9 Å². The van der Waals surface area contributed by atoms with E-state index in [1.807, 2.05) is 25.1 Å². The van der Waals surface area contributed by atoms with Crippen molar-refractivity contribution < 1.29 is 14.3 Å². The molecule has 0 aliphatic heterocycles. The lowest BCUT2D eigenvalue weighted by Gasteiger charge is -2.12. The van der Waals surface area contributed by atoms with E-state index in [0.717, 1.165) is 12.8 Å². The van der Waals surface area contributed by atoms with Gasteiger partial charge in [-0.2, -0.15) is 0 Å². The first kappa shape index (κ1) is 13.4. The highest BCUT2D eigenvalue weighted by molar-refractivity contribution is 5.93. The van der Waals surface area contributed by atoms with Crippen LogP contribution in [0.2, 0.25) is 0 Å². The highest BCUT2D eigenvalue weighted by Gasteiger charge is 2.30. The second-order valence-electron chi connectivity index (χ2n) is 4.72. The van der Waals surface area contributed by atoms with Gasteiger partial charge in [0, 0.05) is 5.69 Å². The van der Waals surface area contributed by atoms with Gasteiger partial charge >= 0.3 is 6.09 Å². The molecule has 0 heterocycles. The minimum absolute atomic E-state index is 0.0721. The molecule has 0 bridgehead atoms. The maximum absolute atomic E-state index is 11.6.